The molecule has 4 amide bonds. The van der Waals surface area contributed by atoms with Crippen LogP contribution in [-0.4, -0.2) is 123 Å². The fourth-order valence-corrected chi connectivity index (χ4v) is 6.33. The van der Waals surface area contributed by atoms with Crippen LogP contribution in [0.25, 0.3) is 0 Å². The molecule has 17 heteroatoms. The number of amides is 4. The maximum absolute atomic E-state index is 12.8. The van der Waals surface area contributed by atoms with Crippen molar-refractivity contribution in [3.63, 3.8) is 0 Å². The van der Waals surface area contributed by atoms with Gasteiger partial charge in [0.25, 0.3) is 11.8 Å². The summed E-state index contributed by atoms with van der Waals surface area (Å²) in [5.74, 6) is -3.54. The average Bonchev–Trinajstić information content (AvgIpc) is 3.51. The molecule has 2 N–H and O–H groups in total. The molecule has 0 aliphatic carbocycles. The first-order chi connectivity index (χ1) is 30.0. The molecular formula is C46H81N3O14. The topological polar surface area (TPSA) is 211 Å². The molecule has 17 nitrogen and oxygen atoms in total. The number of imide groups is 1. The summed E-state index contributed by atoms with van der Waals surface area (Å²) in [7, 11) is 0. The number of hydroxylamine groups is 2. The SMILES string of the molecule is CC(C)(C)OC(=O)CCCCCCCCCCCCCCCCC(=O)NCCOCCOCCOCCOCCC(=O)NC(CCC(=O)OC(C)(C)C)C(=O)ON1C(=O)CCC1=O. The highest BCUT2D eigenvalue weighted by atomic mass is 16.7. The predicted octanol–water partition coefficient (Wildman–Crippen LogP) is 6.36. The van der Waals surface area contributed by atoms with E-state index in [1.54, 1.807) is 20.8 Å². The van der Waals surface area contributed by atoms with Gasteiger partial charge in [0.15, 0.2) is 0 Å². The number of rotatable bonds is 38. The van der Waals surface area contributed by atoms with E-state index in [9.17, 15) is 33.6 Å². The van der Waals surface area contributed by atoms with Crippen LogP contribution in [0.4, 0.5) is 0 Å². The molecule has 1 rings (SSSR count). The van der Waals surface area contributed by atoms with Gasteiger partial charge in [-0.05, 0) is 60.8 Å². The molecule has 0 spiro atoms. The van der Waals surface area contributed by atoms with Gasteiger partial charge < -0.3 is 43.9 Å². The third-order valence-electron chi connectivity index (χ3n) is 9.48. The van der Waals surface area contributed by atoms with Gasteiger partial charge in [0.05, 0.1) is 52.9 Å². The van der Waals surface area contributed by atoms with E-state index in [4.69, 9.17) is 33.3 Å². The van der Waals surface area contributed by atoms with Gasteiger partial charge in [0.1, 0.15) is 17.2 Å². The predicted molar refractivity (Wildman–Crippen MR) is 235 cm³/mol. The molecule has 0 radical (unpaired) electrons. The number of unbranched alkanes of at least 4 members (excludes halogenated alkanes) is 13. The van der Waals surface area contributed by atoms with Crippen LogP contribution in [0.2, 0.25) is 0 Å². The van der Waals surface area contributed by atoms with Gasteiger partial charge in [-0.3, -0.25) is 28.8 Å². The summed E-state index contributed by atoms with van der Waals surface area (Å²) in [6.45, 7) is 13.7. The quantitative estimate of drug-likeness (QED) is 0.0393. The van der Waals surface area contributed by atoms with Gasteiger partial charge in [0.2, 0.25) is 11.8 Å². The second-order valence-electron chi connectivity index (χ2n) is 17.8. The second-order valence-corrected chi connectivity index (χ2v) is 17.8. The van der Waals surface area contributed by atoms with Crippen molar-refractivity contribution in [3.8, 4) is 0 Å². The Labute approximate surface area is 376 Å². The number of esters is 2. The van der Waals surface area contributed by atoms with E-state index >= 15 is 0 Å². The highest BCUT2D eigenvalue weighted by molar-refractivity contribution is 6.02. The van der Waals surface area contributed by atoms with E-state index in [0.717, 1.165) is 25.7 Å². The lowest BCUT2D eigenvalue weighted by atomic mass is 10.0. The molecule has 0 aromatic rings. The first kappa shape index (κ1) is 57.3. The number of hydrogen-bond acceptors (Lipinski definition) is 14. The summed E-state index contributed by atoms with van der Waals surface area (Å²) in [6.07, 6.45) is 16.9. The van der Waals surface area contributed by atoms with Crippen molar-refractivity contribution in [2.75, 3.05) is 59.4 Å². The molecule has 1 aliphatic rings. The van der Waals surface area contributed by atoms with Gasteiger partial charge in [-0.1, -0.05) is 77.0 Å². The molecule has 0 bridgehead atoms. The number of hydrogen-bond donors (Lipinski definition) is 2. The highest BCUT2D eigenvalue weighted by Crippen LogP contribution is 2.17. The molecule has 0 aromatic carbocycles. The zero-order valence-electron chi connectivity index (χ0n) is 39.5. The Balaban J connectivity index is 1.93. The molecule has 0 aromatic heterocycles. The number of ether oxygens (including phenoxy) is 6. The number of carbonyl (C=O) groups excluding carboxylic acids is 7. The fourth-order valence-electron chi connectivity index (χ4n) is 6.33. The van der Waals surface area contributed by atoms with Crippen LogP contribution in [0.15, 0.2) is 0 Å². The molecule has 1 atom stereocenters. The van der Waals surface area contributed by atoms with Crippen LogP contribution in [0, 0.1) is 0 Å². The first-order valence-corrected chi connectivity index (χ1v) is 23.3. The average molecular weight is 900 g/mol. The van der Waals surface area contributed by atoms with E-state index in [0.29, 0.717) is 57.5 Å². The van der Waals surface area contributed by atoms with Crippen molar-refractivity contribution in [1.29, 1.82) is 0 Å². The lowest BCUT2D eigenvalue weighted by molar-refractivity contribution is -0.199. The first-order valence-electron chi connectivity index (χ1n) is 23.3. The summed E-state index contributed by atoms with van der Waals surface area (Å²) in [6, 6.07) is -1.30. The van der Waals surface area contributed by atoms with Crippen molar-refractivity contribution in [3.05, 3.63) is 0 Å². The third-order valence-corrected chi connectivity index (χ3v) is 9.48. The number of nitrogens with zero attached hydrogens (tertiary/aromatic N) is 1. The minimum absolute atomic E-state index is 0.0340. The van der Waals surface area contributed by atoms with Crippen molar-refractivity contribution in [2.45, 2.75) is 194 Å². The van der Waals surface area contributed by atoms with Crippen LogP contribution >= 0.6 is 0 Å². The fraction of sp³-hybridized carbons (Fsp3) is 0.848. The standard InChI is InChI=1S/C46H81N3O14/c1-45(2,3)61-42(54)22-20-18-16-14-12-10-8-7-9-11-13-15-17-19-21-38(50)47-28-30-58-32-34-60-36-35-59-33-31-57-29-27-39(51)48-37(23-26-43(55)62-46(4,5)6)44(56)63-49-40(52)24-25-41(49)53/h37H,7-36H2,1-6H3,(H,47,50)(H,48,51). The Morgan fingerprint density at radius 3 is 1.37 bits per heavy atom. The van der Waals surface area contributed by atoms with E-state index in [2.05, 4.69) is 10.6 Å². The van der Waals surface area contributed by atoms with Gasteiger partial charge in [-0.25, -0.2) is 4.79 Å². The Morgan fingerprint density at radius 2 is 0.905 bits per heavy atom. The monoisotopic (exact) mass is 900 g/mol. The highest BCUT2D eigenvalue weighted by Gasteiger charge is 2.35. The summed E-state index contributed by atoms with van der Waals surface area (Å²) < 4.78 is 32.5. The van der Waals surface area contributed by atoms with Gasteiger partial charge in [-0.2, -0.15) is 0 Å². The molecule has 1 unspecified atom stereocenters. The zero-order chi connectivity index (χ0) is 46.8. The van der Waals surface area contributed by atoms with Crippen molar-refractivity contribution >= 4 is 41.5 Å². The molecule has 1 fully saturated rings. The Hall–Kier alpha value is -3.67. The molecule has 1 aliphatic heterocycles. The molecule has 1 heterocycles. The lowest BCUT2D eigenvalue weighted by Crippen LogP contribution is -2.46. The van der Waals surface area contributed by atoms with Gasteiger partial charge in [-0.15, -0.1) is 5.06 Å². The van der Waals surface area contributed by atoms with Crippen LogP contribution in [0.1, 0.15) is 176 Å². The van der Waals surface area contributed by atoms with E-state index < -0.39 is 46.9 Å². The van der Waals surface area contributed by atoms with Crippen LogP contribution < -0.4 is 10.6 Å². The molecule has 1 saturated heterocycles. The largest absolute Gasteiger partial charge is 0.460 e. The van der Waals surface area contributed by atoms with E-state index in [-0.39, 0.29) is 63.8 Å². The van der Waals surface area contributed by atoms with Crippen molar-refractivity contribution in [2.24, 2.45) is 0 Å². The van der Waals surface area contributed by atoms with Crippen LogP contribution in [0.5, 0.6) is 0 Å². The third kappa shape index (κ3) is 34.4. The smallest absolute Gasteiger partial charge is 0.355 e. The summed E-state index contributed by atoms with van der Waals surface area (Å²) >= 11 is 0. The summed E-state index contributed by atoms with van der Waals surface area (Å²) in [4.78, 5) is 90.1. The Bertz CT molecular complexity index is 1310. The molecule has 364 valence electrons. The minimum atomic E-state index is -1.30. The maximum atomic E-state index is 12.8. The van der Waals surface area contributed by atoms with Crippen molar-refractivity contribution < 1.29 is 66.8 Å². The van der Waals surface area contributed by atoms with Crippen LogP contribution in [-0.2, 0) is 66.8 Å². The van der Waals surface area contributed by atoms with E-state index in [1.165, 1.54) is 64.2 Å². The molecule has 0 saturated carbocycles. The van der Waals surface area contributed by atoms with Gasteiger partial charge in [0, 0.05) is 45.1 Å². The number of carbonyl (C=O) groups is 7. The van der Waals surface area contributed by atoms with Crippen LogP contribution in [0.3, 0.4) is 0 Å². The Morgan fingerprint density at radius 1 is 0.508 bits per heavy atom. The van der Waals surface area contributed by atoms with E-state index in [1.807, 2.05) is 20.8 Å². The Kier molecular flexibility index (Phi) is 31.6. The summed E-state index contributed by atoms with van der Waals surface area (Å²) in [5, 5.41) is 5.77. The molecule has 63 heavy (non-hydrogen) atoms. The molecular weight excluding hydrogens is 819 g/mol. The normalized spacial score (nSPS) is 13.5. The number of nitrogens with one attached hydrogen (secondary N) is 2. The van der Waals surface area contributed by atoms with Gasteiger partial charge >= 0.3 is 17.9 Å². The lowest BCUT2D eigenvalue weighted by Gasteiger charge is -2.22. The minimum Gasteiger partial charge on any atom is -0.460 e. The second kappa shape index (κ2) is 34.7. The maximum Gasteiger partial charge on any atom is 0.355 e. The zero-order valence-corrected chi connectivity index (χ0v) is 39.5. The summed E-state index contributed by atoms with van der Waals surface area (Å²) in [5.41, 5.74) is -1.14. The van der Waals surface area contributed by atoms with Crippen molar-refractivity contribution in [1.82, 2.24) is 15.7 Å².